The van der Waals surface area contributed by atoms with Crippen molar-refractivity contribution in [3.05, 3.63) is 24.0 Å². The third-order valence-corrected chi connectivity index (χ3v) is 1.88. The van der Waals surface area contributed by atoms with E-state index in [-0.39, 0.29) is 6.42 Å². The molecule has 1 rings (SSSR count). The van der Waals surface area contributed by atoms with Gasteiger partial charge in [-0.25, -0.2) is 4.79 Å². The van der Waals surface area contributed by atoms with Gasteiger partial charge in [-0.15, -0.1) is 0 Å². The molecular formula is C12H16N2O4. The van der Waals surface area contributed by atoms with Gasteiger partial charge < -0.3 is 9.84 Å². The third kappa shape index (κ3) is 4.82. The van der Waals surface area contributed by atoms with Gasteiger partial charge in [-0.3, -0.25) is 15.1 Å². The van der Waals surface area contributed by atoms with Gasteiger partial charge in [0.05, 0.1) is 12.1 Å². The molecule has 1 aromatic rings. The van der Waals surface area contributed by atoms with E-state index in [0.717, 1.165) is 0 Å². The normalized spacial score (nSPS) is 10.8. The van der Waals surface area contributed by atoms with Crippen LogP contribution in [-0.4, -0.2) is 27.8 Å². The number of anilines is 1. The molecule has 0 radical (unpaired) electrons. The number of amides is 1. The van der Waals surface area contributed by atoms with Crippen molar-refractivity contribution in [3.63, 3.8) is 0 Å². The Balaban J connectivity index is 2.78. The SMILES string of the molecule is CC(C)(C)OC(=O)Nc1ccncc1CC(=O)O. The molecule has 98 valence electrons. The average molecular weight is 252 g/mol. The van der Waals surface area contributed by atoms with Gasteiger partial charge in [0.2, 0.25) is 0 Å². The molecule has 1 aromatic heterocycles. The van der Waals surface area contributed by atoms with Crippen molar-refractivity contribution in [2.45, 2.75) is 32.8 Å². The summed E-state index contributed by atoms with van der Waals surface area (Å²) in [5.74, 6) is -0.991. The fourth-order valence-corrected chi connectivity index (χ4v) is 1.27. The first kappa shape index (κ1) is 14.0. The number of nitrogens with zero attached hydrogens (tertiary/aromatic N) is 1. The maximum Gasteiger partial charge on any atom is 0.412 e. The van der Waals surface area contributed by atoms with Crippen LogP contribution < -0.4 is 5.32 Å². The topological polar surface area (TPSA) is 88.5 Å². The van der Waals surface area contributed by atoms with Crippen molar-refractivity contribution >= 4 is 17.7 Å². The number of hydrogen-bond acceptors (Lipinski definition) is 4. The Hall–Kier alpha value is -2.11. The third-order valence-electron chi connectivity index (χ3n) is 1.88. The molecule has 1 heterocycles. The summed E-state index contributed by atoms with van der Waals surface area (Å²) in [5.41, 5.74) is 0.210. The van der Waals surface area contributed by atoms with E-state index in [1.54, 1.807) is 20.8 Å². The van der Waals surface area contributed by atoms with Crippen molar-refractivity contribution in [3.8, 4) is 0 Å². The van der Waals surface area contributed by atoms with Gasteiger partial charge >= 0.3 is 12.1 Å². The highest BCUT2D eigenvalue weighted by molar-refractivity contribution is 5.87. The van der Waals surface area contributed by atoms with Crippen LogP contribution in [0.2, 0.25) is 0 Å². The molecule has 0 aliphatic heterocycles. The zero-order valence-electron chi connectivity index (χ0n) is 10.6. The first-order chi connectivity index (χ1) is 8.28. The number of pyridine rings is 1. The Bertz CT molecular complexity index is 452. The summed E-state index contributed by atoms with van der Waals surface area (Å²) in [4.78, 5) is 26.1. The number of carbonyl (C=O) groups excluding carboxylic acids is 1. The number of carboxylic acids is 1. The highest BCUT2D eigenvalue weighted by atomic mass is 16.6. The summed E-state index contributed by atoms with van der Waals surface area (Å²) in [6, 6.07) is 1.53. The van der Waals surface area contributed by atoms with Gasteiger partial charge in [0.1, 0.15) is 5.60 Å². The van der Waals surface area contributed by atoms with Crippen LogP contribution >= 0.6 is 0 Å². The van der Waals surface area contributed by atoms with E-state index in [2.05, 4.69) is 10.3 Å². The fraction of sp³-hybridized carbons (Fsp3) is 0.417. The molecule has 1 amide bonds. The van der Waals surface area contributed by atoms with E-state index in [9.17, 15) is 9.59 Å². The van der Waals surface area contributed by atoms with Crippen molar-refractivity contribution in [2.75, 3.05) is 5.32 Å². The van der Waals surface area contributed by atoms with E-state index < -0.39 is 17.7 Å². The molecule has 6 heteroatoms. The minimum absolute atomic E-state index is 0.209. The lowest BCUT2D eigenvalue weighted by Gasteiger charge is -2.20. The summed E-state index contributed by atoms with van der Waals surface area (Å²) in [7, 11) is 0. The summed E-state index contributed by atoms with van der Waals surface area (Å²) in [6.07, 6.45) is 2.04. The highest BCUT2D eigenvalue weighted by Crippen LogP contribution is 2.16. The van der Waals surface area contributed by atoms with E-state index in [0.29, 0.717) is 11.3 Å². The summed E-state index contributed by atoms with van der Waals surface area (Å²) in [6.45, 7) is 5.24. The van der Waals surface area contributed by atoms with Crippen molar-refractivity contribution in [2.24, 2.45) is 0 Å². The van der Waals surface area contributed by atoms with Crippen LogP contribution in [0.5, 0.6) is 0 Å². The molecule has 18 heavy (non-hydrogen) atoms. The lowest BCUT2D eigenvalue weighted by atomic mass is 10.2. The predicted molar refractivity (Wildman–Crippen MR) is 65.4 cm³/mol. The smallest absolute Gasteiger partial charge is 0.412 e. The molecule has 0 aliphatic rings. The van der Waals surface area contributed by atoms with Crippen molar-refractivity contribution in [1.29, 1.82) is 0 Å². The number of nitrogens with one attached hydrogen (secondary N) is 1. The Morgan fingerprint density at radius 1 is 1.44 bits per heavy atom. The number of hydrogen-bond donors (Lipinski definition) is 2. The van der Waals surface area contributed by atoms with Crippen LogP contribution in [0.25, 0.3) is 0 Å². The first-order valence-electron chi connectivity index (χ1n) is 5.42. The number of aromatic nitrogens is 1. The van der Waals surface area contributed by atoms with Crippen molar-refractivity contribution in [1.82, 2.24) is 4.98 Å². The minimum atomic E-state index is -0.991. The van der Waals surface area contributed by atoms with Gasteiger partial charge in [-0.05, 0) is 26.8 Å². The number of ether oxygens (including phenoxy) is 1. The Morgan fingerprint density at radius 2 is 2.11 bits per heavy atom. The van der Waals surface area contributed by atoms with Crippen LogP contribution in [0.1, 0.15) is 26.3 Å². The van der Waals surface area contributed by atoms with Crippen LogP contribution in [-0.2, 0) is 16.0 Å². The molecule has 2 N–H and O–H groups in total. The largest absolute Gasteiger partial charge is 0.481 e. The summed E-state index contributed by atoms with van der Waals surface area (Å²) in [5, 5.41) is 11.2. The van der Waals surface area contributed by atoms with Gasteiger partial charge in [0.15, 0.2) is 0 Å². The summed E-state index contributed by atoms with van der Waals surface area (Å²) < 4.78 is 5.08. The van der Waals surface area contributed by atoms with Gasteiger partial charge in [0, 0.05) is 18.0 Å². The second-order valence-corrected chi connectivity index (χ2v) is 4.73. The number of aliphatic carboxylic acids is 1. The van der Waals surface area contributed by atoms with Gasteiger partial charge in [-0.2, -0.15) is 0 Å². The standard InChI is InChI=1S/C12H16N2O4/c1-12(2,3)18-11(17)14-9-4-5-13-7-8(9)6-10(15)16/h4-5,7H,6H2,1-3H3,(H,15,16)(H,13,14,17). The number of carbonyl (C=O) groups is 2. The van der Waals surface area contributed by atoms with Gasteiger partial charge in [0.25, 0.3) is 0 Å². The number of carboxylic acid groups (broad SMARTS) is 1. The van der Waals surface area contributed by atoms with Crippen LogP contribution in [0.3, 0.4) is 0 Å². The quantitative estimate of drug-likeness (QED) is 0.859. The Morgan fingerprint density at radius 3 is 2.67 bits per heavy atom. The van der Waals surface area contributed by atoms with Crippen LogP contribution in [0.4, 0.5) is 10.5 Å². The van der Waals surface area contributed by atoms with Crippen LogP contribution in [0.15, 0.2) is 18.5 Å². The average Bonchev–Trinajstić information content (AvgIpc) is 2.17. The second kappa shape index (κ2) is 5.48. The maximum atomic E-state index is 11.6. The minimum Gasteiger partial charge on any atom is -0.481 e. The van der Waals surface area contributed by atoms with Crippen molar-refractivity contribution < 1.29 is 19.4 Å². The molecular weight excluding hydrogens is 236 g/mol. The fourth-order valence-electron chi connectivity index (χ4n) is 1.27. The van der Waals surface area contributed by atoms with Crippen LogP contribution in [0, 0.1) is 0 Å². The molecule has 0 bridgehead atoms. The van der Waals surface area contributed by atoms with E-state index >= 15 is 0 Å². The first-order valence-corrected chi connectivity index (χ1v) is 5.42. The maximum absolute atomic E-state index is 11.6. The predicted octanol–water partition coefficient (Wildman–Crippen LogP) is 2.06. The number of rotatable bonds is 3. The highest BCUT2D eigenvalue weighted by Gasteiger charge is 2.17. The molecule has 0 aromatic carbocycles. The Kier molecular flexibility index (Phi) is 4.25. The Labute approximate surface area is 105 Å². The molecule has 0 spiro atoms. The van der Waals surface area contributed by atoms with E-state index in [1.165, 1.54) is 18.5 Å². The molecule has 0 unspecified atom stereocenters. The van der Waals surface area contributed by atoms with E-state index in [1.807, 2.05) is 0 Å². The molecule has 6 nitrogen and oxygen atoms in total. The monoisotopic (exact) mass is 252 g/mol. The lowest BCUT2D eigenvalue weighted by Crippen LogP contribution is -2.27. The molecule has 0 fully saturated rings. The zero-order valence-corrected chi connectivity index (χ0v) is 10.6. The molecule has 0 saturated carbocycles. The molecule has 0 atom stereocenters. The van der Waals surface area contributed by atoms with E-state index in [4.69, 9.17) is 9.84 Å². The zero-order chi connectivity index (χ0) is 13.8. The molecule has 0 saturated heterocycles. The lowest BCUT2D eigenvalue weighted by molar-refractivity contribution is -0.136. The molecule has 0 aliphatic carbocycles. The summed E-state index contributed by atoms with van der Waals surface area (Å²) >= 11 is 0. The van der Waals surface area contributed by atoms with Gasteiger partial charge in [-0.1, -0.05) is 0 Å². The second-order valence-electron chi connectivity index (χ2n) is 4.73.